The van der Waals surface area contributed by atoms with Gasteiger partial charge in [-0.1, -0.05) is 41.6 Å². The lowest BCUT2D eigenvalue weighted by Gasteiger charge is -2.18. The standard InChI is InChI=1S/C25H24ClN5O2S/c1-17-21(26)5-4-6-22(17)31-24(19-11-13-27-14-12-19)28-29-25(31)34-16-23(32)30(2)15-18-7-9-20(33-3)10-8-18/h4-14H,15-16H2,1-3H3. The third-order valence-corrected chi connectivity index (χ3v) is 6.70. The number of pyridine rings is 1. The smallest absolute Gasteiger partial charge is 0.233 e. The summed E-state index contributed by atoms with van der Waals surface area (Å²) in [4.78, 5) is 18.7. The van der Waals surface area contributed by atoms with Gasteiger partial charge in [0, 0.05) is 36.6 Å². The van der Waals surface area contributed by atoms with Crippen LogP contribution in [0.3, 0.4) is 0 Å². The average molecular weight is 494 g/mol. The lowest BCUT2D eigenvalue weighted by atomic mass is 10.2. The van der Waals surface area contributed by atoms with Gasteiger partial charge in [0.05, 0.1) is 18.6 Å². The van der Waals surface area contributed by atoms with Gasteiger partial charge < -0.3 is 9.64 Å². The first-order valence-corrected chi connectivity index (χ1v) is 11.9. The van der Waals surface area contributed by atoms with Gasteiger partial charge in [0.1, 0.15) is 5.75 Å². The predicted octanol–water partition coefficient (Wildman–Crippen LogP) is 5.05. The SMILES string of the molecule is COc1ccc(CN(C)C(=O)CSc2nnc(-c3ccncc3)n2-c2cccc(Cl)c2C)cc1. The Kier molecular flexibility index (Phi) is 7.49. The van der Waals surface area contributed by atoms with Crippen molar-refractivity contribution in [1.29, 1.82) is 0 Å². The van der Waals surface area contributed by atoms with E-state index in [1.54, 1.807) is 31.5 Å². The van der Waals surface area contributed by atoms with Gasteiger partial charge in [-0.25, -0.2) is 0 Å². The maximum absolute atomic E-state index is 12.9. The number of rotatable bonds is 8. The molecule has 0 spiro atoms. The number of benzene rings is 2. The minimum absolute atomic E-state index is 0.0105. The van der Waals surface area contributed by atoms with Crippen LogP contribution in [0.1, 0.15) is 11.1 Å². The molecule has 0 N–H and O–H groups in total. The fourth-order valence-electron chi connectivity index (χ4n) is 3.44. The highest BCUT2D eigenvalue weighted by atomic mass is 35.5. The minimum Gasteiger partial charge on any atom is -0.497 e. The zero-order chi connectivity index (χ0) is 24.1. The van der Waals surface area contributed by atoms with Crippen molar-refractivity contribution in [3.8, 4) is 22.8 Å². The zero-order valence-electron chi connectivity index (χ0n) is 19.1. The van der Waals surface area contributed by atoms with Crippen LogP contribution in [0.15, 0.2) is 72.1 Å². The molecule has 0 aliphatic heterocycles. The van der Waals surface area contributed by atoms with E-state index in [0.717, 1.165) is 28.1 Å². The summed E-state index contributed by atoms with van der Waals surface area (Å²) in [5, 5.41) is 10.1. The van der Waals surface area contributed by atoms with Gasteiger partial charge in [-0.05, 0) is 54.4 Å². The Bertz CT molecular complexity index is 1280. The number of hydrogen-bond acceptors (Lipinski definition) is 6. The number of aromatic nitrogens is 4. The van der Waals surface area contributed by atoms with Crippen molar-refractivity contribution in [2.45, 2.75) is 18.6 Å². The third-order valence-electron chi connectivity index (χ3n) is 5.38. The molecule has 0 radical (unpaired) electrons. The van der Waals surface area contributed by atoms with E-state index in [2.05, 4.69) is 15.2 Å². The Morgan fingerprint density at radius 3 is 2.53 bits per heavy atom. The maximum atomic E-state index is 12.9. The van der Waals surface area contributed by atoms with Crippen LogP contribution in [-0.2, 0) is 11.3 Å². The molecule has 4 rings (SSSR count). The van der Waals surface area contributed by atoms with Crippen molar-refractivity contribution < 1.29 is 9.53 Å². The quantitative estimate of drug-likeness (QED) is 0.320. The Balaban J connectivity index is 1.56. The molecule has 2 heterocycles. The van der Waals surface area contributed by atoms with Crippen molar-refractivity contribution >= 4 is 29.3 Å². The van der Waals surface area contributed by atoms with E-state index in [9.17, 15) is 4.79 Å². The maximum Gasteiger partial charge on any atom is 0.233 e. The summed E-state index contributed by atoms with van der Waals surface area (Å²) in [6.45, 7) is 2.46. The molecular weight excluding hydrogens is 470 g/mol. The van der Waals surface area contributed by atoms with Crippen LogP contribution in [-0.4, -0.2) is 50.5 Å². The lowest BCUT2D eigenvalue weighted by molar-refractivity contribution is -0.127. The Morgan fingerprint density at radius 1 is 1.09 bits per heavy atom. The number of methoxy groups -OCH3 is 1. The monoisotopic (exact) mass is 493 g/mol. The molecule has 7 nitrogen and oxygen atoms in total. The van der Waals surface area contributed by atoms with Crippen LogP contribution in [0.25, 0.3) is 17.1 Å². The van der Waals surface area contributed by atoms with Crippen molar-refractivity contribution in [3.63, 3.8) is 0 Å². The third kappa shape index (κ3) is 5.24. The Hall–Kier alpha value is -3.36. The molecule has 0 bridgehead atoms. The fraction of sp³-hybridized carbons (Fsp3) is 0.200. The second kappa shape index (κ2) is 10.7. The van der Waals surface area contributed by atoms with Crippen molar-refractivity contribution in [2.24, 2.45) is 0 Å². The molecule has 1 amide bonds. The zero-order valence-corrected chi connectivity index (χ0v) is 20.7. The van der Waals surface area contributed by atoms with Gasteiger partial charge in [-0.3, -0.25) is 14.3 Å². The molecule has 0 unspecified atom stereocenters. The number of halogens is 1. The molecular formula is C25H24ClN5O2S. The molecule has 34 heavy (non-hydrogen) atoms. The van der Waals surface area contributed by atoms with Crippen molar-refractivity contribution in [3.05, 3.63) is 83.1 Å². The molecule has 2 aromatic carbocycles. The Labute approximate surface area is 207 Å². The van der Waals surface area contributed by atoms with Crippen LogP contribution >= 0.6 is 23.4 Å². The van der Waals surface area contributed by atoms with Crippen LogP contribution in [0.4, 0.5) is 0 Å². The van der Waals surface area contributed by atoms with Gasteiger partial charge >= 0.3 is 0 Å². The van der Waals surface area contributed by atoms with Crippen molar-refractivity contribution in [1.82, 2.24) is 24.6 Å². The molecule has 0 aliphatic carbocycles. The second-order valence-electron chi connectivity index (χ2n) is 7.65. The number of carbonyl (C=O) groups is 1. The molecule has 0 atom stereocenters. The summed E-state index contributed by atoms with van der Waals surface area (Å²) in [5.41, 5.74) is 3.67. The average Bonchev–Trinajstić information content (AvgIpc) is 3.29. The molecule has 0 saturated carbocycles. The number of nitrogens with zero attached hydrogens (tertiary/aromatic N) is 5. The number of thioether (sulfide) groups is 1. The first-order valence-electron chi connectivity index (χ1n) is 10.6. The second-order valence-corrected chi connectivity index (χ2v) is 9.00. The van der Waals surface area contributed by atoms with Crippen LogP contribution in [0.5, 0.6) is 5.75 Å². The summed E-state index contributed by atoms with van der Waals surface area (Å²) in [5.74, 6) is 1.66. The highest BCUT2D eigenvalue weighted by molar-refractivity contribution is 7.99. The summed E-state index contributed by atoms with van der Waals surface area (Å²) < 4.78 is 7.14. The summed E-state index contributed by atoms with van der Waals surface area (Å²) in [7, 11) is 3.42. The molecule has 0 saturated heterocycles. The highest BCUT2D eigenvalue weighted by Gasteiger charge is 2.20. The van der Waals surface area contributed by atoms with E-state index >= 15 is 0 Å². The fourth-order valence-corrected chi connectivity index (χ4v) is 4.49. The molecule has 0 fully saturated rings. The molecule has 9 heteroatoms. The van der Waals surface area contributed by atoms with Gasteiger partial charge in [-0.15, -0.1) is 10.2 Å². The minimum atomic E-state index is -0.0105. The number of hydrogen-bond donors (Lipinski definition) is 0. The summed E-state index contributed by atoms with van der Waals surface area (Å²) >= 11 is 7.75. The van der Waals surface area contributed by atoms with Gasteiger partial charge in [0.25, 0.3) is 0 Å². The van der Waals surface area contributed by atoms with E-state index in [1.807, 2.05) is 66.1 Å². The van der Waals surface area contributed by atoms with Gasteiger partial charge in [0.15, 0.2) is 11.0 Å². The predicted molar refractivity (Wildman–Crippen MR) is 135 cm³/mol. The number of ether oxygens (including phenoxy) is 1. The largest absolute Gasteiger partial charge is 0.497 e. The van der Waals surface area contributed by atoms with Crippen LogP contribution < -0.4 is 4.74 Å². The number of amides is 1. The first kappa shape index (κ1) is 23.8. The molecule has 174 valence electrons. The molecule has 0 aliphatic rings. The van der Waals surface area contributed by atoms with E-state index in [0.29, 0.717) is 22.5 Å². The first-order chi connectivity index (χ1) is 16.5. The van der Waals surface area contributed by atoms with E-state index in [-0.39, 0.29) is 11.7 Å². The van der Waals surface area contributed by atoms with Crippen LogP contribution in [0.2, 0.25) is 5.02 Å². The number of carbonyl (C=O) groups excluding carboxylic acids is 1. The van der Waals surface area contributed by atoms with E-state index < -0.39 is 0 Å². The van der Waals surface area contributed by atoms with Crippen molar-refractivity contribution in [2.75, 3.05) is 19.9 Å². The van der Waals surface area contributed by atoms with Gasteiger partial charge in [0.2, 0.25) is 5.91 Å². The molecule has 2 aromatic heterocycles. The topological polar surface area (TPSA) is 73.1 Å². The summed E-state index contributed by atoms with van der Waals surface area (Å²) in [6.07, 6.45) is 3.42. The van der Waals surface area contributed by atoms with E-state index in [1.165, 1.54) is 11.8 Å². The van der Waals surface area contributed by atoms with Gasteiger partial charge in [-0.2, -0.15) is 0 Å². The molecule has 4 aromatic rings. The lowest BCUT2D eigenvalue weighted by Crippen LogP contribution is -2.27. The van der Waals surface area contributed by atoms with E-state index in [4.69, 9.17) is 16.3 Å². The normalized spacial score (nSPS) is 10.8. The van der Waals surface area contributed by atoms with Crippen LogP contribution in [0, 0.1) is 6.92 Å². The Morgan fingerprint density at radius 2 is 1.82 bits per heavy atom. The highest BCUT2D eigenvalue weighted by Crippen LogP contribution is 2.31. The summed E-state index contributed by atoms with van der Waals surface area (Å²) in [6, 6.07) is 17.1.